The number of para-hydroxylation sites is 1. The lowest BCUT2D eigenvalue weighted by molar-refractivity contribution is 0.0924. The first kappa shape index (κ1) is 25.8. The Morgan fingerprint density at radius 1 is 1.14 bits per heavy atom. The van der Waals surface area contributed by atoms with Gasteiger partial charge >= 0.3 is 0 Å². The van der Waals surface area contributed by atoms with Crippen LogP contribution in [-0.4, -0.2) is 44.8 Å². The smallest absolute Gasteiger partial charge is 0.255 e. The summed E-state index contributed by atoms with van der Waals surface area (Å²) < 4.78 is 5.91. The third kappa shape index (κ3) is 6.49. The number of aliphatic hydroxyl groups is 1. The van der Waals surface area contributed by atoms with E-state index in [1.807, 2.05) is 51.2 Å². The zero-order valence-corrected chi connectivity index (χ0v) is 21.2. The van der Waals surface area contributed by atoms with E-state index in [1.54, 1.807) is 30.3 Å². The molecule has 4 aromatic rings. The minimum absolute atomic E-state index is 0.0000427. The summed E-state index contributed by atoms with van der Waals surface area (Å²) >= 11 is 0. The number of pyridine rings is 1. The Bertz CT molecular complexity index is 1460. The normalized spacial score (nSPS) is 11.7. The second kappa shape index (κ2) is 11.6. The van der Waals surface area contributed by atoms with E-state index in [1.165, 1.54) is 0 Å². The average molecular weight is 498 g/mol. The van der Waals surface area contributed by atoms with Crippen LogP contribution in [-0.2, 0) is 6.42 Å². The van der Waals surface area contributed by atoms with Crippen LogP contribution >= 0.6 is 0 Å². The SMILES string of the molecule is Cc1ccc(O)c(C#Cc2ccc(OC(C)C)c(C(=O)NC(CCO)Cc3c[nH]c4ccccc34)c2)n1. The number of rotatable bonds is 8. The molecule has 0 aliphatic rings. The van der Waals surface area contributed by atoms with Crippen LogP contribution in [0.15, 0.2) is 60.8 Å². The molecule has 0 saturated heterocycles. The Kier molecular flexibility index (Phi) is 8.11. The number of H-pyrrole nitrogens is 1. The van der Waals surface area contributed by atoms with Crippen LogP contribution in [0.5, 0.6) is 11.5 Å². The maximum Gasteiger partial charge on any atom is 0.255 e. The molecule has 190 valence electrons. The zero-order valence-electron chi connectivity index (χ0n) is 21.2. The van der Waals surface area contributed by atoms with Crippen molar-refractivity contribution < 1.29 is 19.7 Å². The van der Waals surface area contributed by atoms with Gasteiger partial charge in [0.15, 0.2) is 5.69 Å². The highest BCUT2D eigenvalue weighted by molar-refractivity contribution is 5.97. The van der Waals surface area contributed by atoms with Crippen LogP contribution in [0.25, 0.3) is 10.9 Å². The second-order valence-corrected chi connectivity index (χ2v) is 9.19. The summed E-state index contributed by atoms with van der Waals surface area (Å²) in [7, 11) is 0. The number of nitrogens with zero attached hydrogens (tertiary/aromatic N) is 1. The van der Waals surface area contributed by atoms with E-state index in [2.05, 4.69) is 27.1 Å². The van der Waals surface area contributed by atoms with Gasteiger partial charge in [0.05, 0.1) is 11.7 Å². The first-order valence-electron chi connectivity index (χ1n) is 12.3. The highest BCUT2D eigenvalue weighted by atomic mass is 16.5. The molecule has 37 heavy (non-hydrogen) atoms. The third-order valence-electron chi connectivity index (χ3n) is 5.88. The van der Waals surface area contributed by atoms with Crippen molar-refractivity contribution in [3.8, 4) is 23.3 Å². The van der Waals surface area contributed by atoms with Gasteiger partial charge in [-0.15, -0.1) is 0 Å². The first-order valence-corrected chi connectivity index (χ1v) is 12.3. The molecule has 7 nitrogen and oxygen atoms in total. The fourth-order valence-electron chi connectivity index (χ4n) is 4.12. The molecule has 2 aromatic heterocycles. The molecule has 0 aliphatic carbocycles. The van der Waals surface area contributed by atoms with Crippen LogP contribution in [0.2, 0.25) is 0 Å². The molecule has 0 saturated carbocycles. The second-order valence-electron chi connectivity index (χ2n) is 9.19. The van der Waals surface area contributed by atoms with Crippen molar-refractivity contribution in [1.29, 1.82) is 0 Å². The van der Waals surface area contributed by atoms with E-state index in [-0.39, 0.29) is 36.1 Å². The lowest BCUT2D eigenvalue weighted by atomic mass is 10.0. The van der Waals surface area contributed by atoms with Crippen LogP contribution in [0.1, 0.15) is 53.1 Å². The first-order chi connectivity index (χ1) is 17.8. The highest BCUT2D eigenvalue weighted by Gasteiger charge is 2.20. The lowest BCUT2D eigenvalue weighted by Gasteiger charge is -2.20. The largest absolute Gasteiger partial charge is 0.505 e. The number of aromatic hydroxyl groups is 1. The molecule has 1 unspecified atom stereocenters. The van der Waals surface area contributed by atoms with E-state index in [9.17, 15) is 15.0 Å². The molecular weight excluding hydrogens is 466 g/mol. The van der Waals surface area contributed by atoms with Gasteiger partial charge in [-0.25, -0.2) is 4.98 Å². The number of carbonyl (C=O) groups excluding carboxylic acids is 1. The number of hydrogen-bond acceptors (Lipinski definition) is 5. The number of fused-ring (bicyclic) bond motifs is 1. The molecule has 0 spiro atoms. The molecule has 1 atom stereocenters. The quantitative estimate of drug-likeness (QED) is 0.268. The van der Waals surface area contributed by atoms with E-state index < -0.39 is 0 Å². The summed E-state index contributed by atoms with van der Waals surface area (Å²) in [5.74, 6) is 6.01. The minimum Gasteiger partial charge on any atom is -0.505 e. The van der Waals surface area contributed by atoms with Crippen molar-refractivity contribution >= 4 is 16.8 Å². The molecule has 2 aromatic carbocycles. The van der Waals surface area contributed by atoms with Crippen LogP contribution in [0.4, 0.5) is 0 Å². The minimum atomic E-state index is -0.311. The van der Waals surface area contributed by atoms with Crippen molar-refractivity contribution in [3.05, 3.63) is 88.9 Å². The van der Waals surface area contributed by atoms with Gasteiger partial charge in [-0.05, 0) is 81.5 Å². The summed E-state index contributed by atoms with van der Waals surface area (Å²) in [5.41, 5.74) is 4.05. The highest BCUT2D eigenvalue weighted by Crippen LogP contribution is 2.24. The van der Waals surface area contributed by atoms with Gasteiger partial charge in [-0.1, -0.05) is 24.1 Å². The number of carbonyl (C=O) groups is 1. The summed E-state index contributed by atoms with van der Waals surface area (Å²) in [6.45, 7) is 5.56. The van der Waals surface area contributed by atoms with Crippen molar-refractivity contribution in [2.24, 2.45) is 0 Å². The van der Waals surface area contributed by atoms with Crippen molar-refractivity contribution in [1.82, 2.24) is 15.3 Å². The number of aromatic nitrogens is 2. The lowest BCUT2D eigenvalue weighted by Crippen LogP contribution is -2.37. The summed E-state index contributed by atoms with van der Waals surface area (Å²) in [6, 6.07) is 16.1. The summed E-state index contributed by atoms with van der Waals surface area (Å²) in [5, 5.41) is 23.9. The van der Waals surface area contributed by atoms with Crippen molar-refractivity contribution in [3.63, 3.8) is 0 Å². The number of aromatic amines is 1. The van der Waals surface area contributed by atoms with E-state index in [0.29, 0.717) is 29.7 Å². The van der Waals surface area contributed by atoms with Crippen molar-refractivity contribution in [2.45, 2.75) is 45.8 Å². The molecule has 7 heteroatoms. The predicted octanol–water partition coefficient (Wildman–Crippen LogP) is 4.49. The number of hydrogen-bond donors (Lipinski definition) is 4. The fraction of sp³-hybridized carbons (Fsp3) is 0.267. The van der Waals surface area contributed by atoms with Gasteiger partial charge in [0.2, 0.25) is 0 Å². The van der Waals surface area contributed by atoms with Crippen LogP contribution in [0.3, 0.4) is 0 Å². The van der Waals surface area contributed by atoms with E-state index in [0.717, 1.165) is 22.2 Å². The maximum absolute atomic E-state index is 13.5. The number of aliphatic hydroxyl groups excluding tert-OH is 1. The number of ether oxygens (including phenoxy) is 1. The molecule has 0 radical (unpaired) electrons. The Labute approximate surface area is 216 Å². The van der Waals surface area contributed by atoms with Gasteiger partial charge in [0.1, 0.15) is 11.5 Å². The standard InChI is InChI=1S/C30H31N3O4/c1-19(2)37-29-13-10-21(9-11-27-28(35)12-8-20(3)32-27)16-25(29)30(36)33-23(14-15-34)17-22-18-31-26-7-5-4-6-24(22)26/h4-8,10,12-13,16,18-19,23,31,34-35H,14-15,17H2,1-3H3,(H,33,36). The molecule has 4 rings (SSSR count). The third-order valence-corrected chi connectivity index (χ3v) is 5.88. The van der Waals surface area contributed by atoms with Gasteiger partial charge in [-0.2, -0.15) is 0 Å². The van der Waals surface area contributed by atoms with Crippen molar-refractivity contribution in [2.75, 3.05) is 6.61 Å². The molecule has 1 amide bonds. The van der Waals surface area contributed by atoms with Crippen LogP contribution < -0.4 is 10.1 Å². The summed E-state index contributed by atoms with van der Waals surface area (Å²) in [4.78, 5) is 21.0. The van der Waals surface area contributed by atoms with E-state index >= 15 is 0 Å². The molecular formula is C30H31N3O4. The number of nitrogens with one attached hydrogen (secondary N) is 2. The van der Waals surface area contributed by atoms with Gasteiger partial charge in [0.25, 0.3) is 5.91 Å². The Morgan fingerprint density at radius 2 is 1.95 bits per heavy atom. The van der Waals surface area contributed by atoms with E-state index in [4.69, 9.17) is 4.74 Å². The monoisotopic (exact) mass is 497 g/mol. The van der Waals surface area contributed by atoms with Crippen LogP contribution in [0, 0.1) is 18.8 Å². The summed E-state index contributed by atoms with van der Waals surface area (Å²) in [6.07, 6.45) is 2.79. The Hall–Kier alpha value is -4.28. The zero-order chi connectivity index (χ0) is 26.4. The molecule has 0 fully saturated rings. The Morgan fingerprint density at radius 3 is 2.73 bits per heavy atom. The molecule has 0 bridgehead atoms. The van der Waals surface area contributed by atoms with Gasteiger partial charge in [0, 0.05) is 41.0 Å². The fourth-order valence-corrected chi connectivity index (χ4v) is 4.12. The van der Waals surface area contributed by atoms with Gasteiger partial charge < -0.3 is 25.3 Å². The molecule has 4 N–H and O–H groups in total. The molecule has 2 heterocycles. The number of benzene rings is 2. The number of aryl methyl sites for hydroxylation is 1. The topological polar surface area (TPSA) is 107 Å². The van der Waals surface area contributed by atoms with Gasteiger partial charge in [-0.3, -0.25) is 4.79 Å². The predicted molar refractivity (Wildman–Crippen MR) is 144 cm³/mol. The number of amides is 1. The molecule has 0 aliphatic heterocycles. The maximum atomic E-state index is 13.5. The average Bonchev–Trinajstić information content (AvgIpc) is 3.27. The Balaban J connectivity index is 1.61.